The van der Waals surface area contributed by atoms with E-state index in [1.807, 2.05) is 18.2 Å². The van der Waals surface area contributed by atoms with Crippen molar-refractivity contribution in [2.45, 2.75) is 6.92 Å². The lowest BCUT2D eigenvalue weighted by atomic mass is 10.1. The van der Waals surface area contributed by atoms with E-state index < -0.39 is 0 Å². The van der Waals surface area contributed by atoms with Gasteiger partial charge in [-0.25, -0.2) is 0 Å². The number of para-hydroxylation sites is 1. The fourth-order valence-corrected chi connectivity index (χ4v) is 1.61. The molecule has 72 valence electrons. The van der Waals surface area contributed by atoms with Gasteiger partial charge in [0.25, 0.3) is 0 Å². The van der Waals surface area contributed by atoms with Gasteiger partial charge in [0.05, 0.1) is 5.02 Å². The van der Waals surface area contributed by atoms with Crippen LogP contribution in [0.3, 0.4) is 0 Å². The van der Waals surface area contributed by atoms with E-state index in [2.05, 4.69) is 0 Å². The smallest absolute Gasteiger partial charge is 0.159 e. The maximum Gasteiger partial charge on any atom is 0.159 e. The Morgan fingerprint density at radius 3 is 3.00 bits per heavy atom. The molecule has 3 heteroatoms. The zero-order chi connectivity index (χ0) is 10.1. The summed E-state index contributed by atoms with van der Waals surface area (Å²) >= 11 is 5.93. The van der Waals surface area contributed by atoms with Crippen molar-refractivity contribution in [3.05, 3.63) is 34.4 Å². The van der Waals surface area contributed by atoms with Crippen molar-refractivity contribution in [2.24, 2.45) is 0 Å². The Bertz CT molecular complexity index is 421. The minimum atomic E-state index is 0.0376. The van der Waals surface area contributed by atoms with E-state index in [0.717, 1.165) is 5.56 Å². The van der Waals surface area contributed by atoms with Crippen molar-refractivity contribution in [2.75, 3.05) is 6.61 Å². The summed E-state index contributed by atoms with van der Waals surface area (Å²) < 4.78 is 5.41. The van der Waals surface area contributed by atoms with E-state index in [1.165, 1.54) is 6.92 Å². The second-order valence-electron chi connectivity index (χ2n) is 3.17. The molecule has 0 bridgehead atoms. The number of rotatable bonds is 1. The summed E-state index contributed by atoms with van der Waals surface area (Å²) in [6, 6.07) is 5.49. The van der Waals surface area contributed by atoms with Gasteiger partial charge in [-0.1, -0.05) is 23.7 Å². The third kappa shape index (κ3) is 1.53. The van der Waals surface area contributed by atoms with Crippen molar-refractivity contribution in [3.63, 3.8) is 0 Å². The van der Waals surface area contributed by atoms with Gasteiger partial charge in [0.2, 0.25) is 0 Å². The number of benzene rings is 1. The standard InChI is InChI=1S/C11H9ClO2/c1-7(13)9-5-8-3-2-4-10(12)11(8)14-6-9/h2-5H,6H2,1H3. The molecule has 0 spiro atoms. The average molecular weight is 209 g/mol. The Balaban J connectivity index is 2.50. The lowest BCUT2D eigenvalue weighted by molar-refractivity contribution is -0.113. The Morgan fingerprint density at radius 1 is 1.50 bits per heavy atom. The molecular weight excluding hydrogens is 200 g/mol. The van der Waals surface area contributed by atoms with Crippen molar-refractivity contribution >= 4 is 23.5 Å². The molecule has 0 aromatic heterocycles. The maximum absolute atomic E-state index is 11.1. The first-order chi connectivity index (χ1) is 6.68. The van der Waals surface area contributed by atoms with Crippen LogP contribution in [0.1, 0.15) is 12.5 Å². The Morgan fingerprint density at radius 2 is 2.29 bits per heavy atom. The molecule has 1 aliphatic rings. The number of carbonyl (C=O) groups excluding carboxylic acids is 1. The maximum atomic E-state index is 11.1. The number of ketones is 1. The molecule has 0 saturated carbocycles. The first-order valence-electron chi connectivity index (χ1n) is 4.31. The van der Waals surface area contributed by atoms with Crippen LogP contribution in [0.4, 0.5) is 0 Å². The van der Waals surface area contributed by atoms with Crippen LogP contribution in [0.25, 0.3) is 6.08 Å². The van der Waals surface area contributed by atoms with Crippen LogP contribution in [0.15, 0.2) is 23.8 Å². The first kappa shape index (κ1) is 9.28. The molecule has 1 heterocycles. The predicted octanol–water partition coefficient (Wildman–Crippen LogP) is 2.70. The molecule has 2 nitrogen and oxygen atoms in total. The molecule has 0 N–H and O–H groups in total. The summed E-state index contributed by atoms with van der Waals surface area (Å²) in [6.45, 7) is 1.84. The summed E-state index contributed by atoms with van der Waals surface area (Å²) in [4.78, 5) is 11.1. The summed E-state index contributed by atoms with van der Waals surface area (Å²) in [5.74, 6) is 0.704. The molecule has 2 rings (SSSR count). The molecule has 0 unspecified atom stereocenters. The lowest BCUT2D eigenvalue weighted by Gasteiger charge is -2.17. The van der Waals surface area contributed by atoms with E-state index >= 15 is 0 Å². The van der Waals surface area contributed by atoms with E-state index in [1.54, 1.807) is 6.07 Å². The number of halogens is 1. The molecule has 1 aromatic carbocycles. The average Bonchev–Trinajstić information content (AvgIpc) is 2.17. The minimum absolute atomic E-state index is 0.0376. The third-order valence-electron chi connectivity index (χ3n) is 2.15. The van der Waals surface area contributed by atoms with Crippen LogP contribution >= 0.6 is 11.6 Å². The fraction of sp³-hybridized carbons (Fsp3) is 0.182. The number of Topliss-reactive ketones (excluding diaryl/α,β-unsaturated/α-hetero) is 1. The Kier molecular flexibility index (Phi) is 2.30. The lowest BCUT2D eigenvalue weighted by Crippen LogP contribution is -2.12. The topological polar surface area (TPSA) is 26.3 Å². The molecule has 1 aliphatic heterocycles. The van der Waals surface area contributed by atoms with Gasteiger partial charge in [-0.3, -0.25) is 4.79 Å². The third-order valence-corrected chi connectivity index (χ3v) is 2.45. The second-order valence-corrected chi connectivity index (χ2v) is 3.58. The molecule has 0 fully saturated rings. The van der Waals surface area contributed by atoms with Gasteiger partial charge < -0.3 is 4.74 Å². The zero-order valence-electron chi connectivity index (χ0n) is 7.71. The first-order valence-corrected chi connectivity index (χ1v) is 4.69. The molecular formula is C11H9ClO2. The number of hydrogen-bond acceptors (Lipinski definition) is 2. The highest BCUT2D eigenvalue weighted by atomic mass is 35.5. The van der Waals surface area contributed by atoms with Gasteiger partial charge >= 0.3 is 0 Å². The predicted molar refractivity (Wildman–Crippen MR) is 55.6 cm³/mol. The van der Waals surface area contributed by atoms with Crippen molar-refractivity contribution < 1.29 is 9.53 Å². The van der Waals surface area contributed by atoms with E-state index in [-0.39, 0.29) is 5.78 Å². The van der Waals surface area contributed by atoms with E-state index in [9.17, 15) is 4.79 Å². The fourth-order valence-electron chi connectivity index (χ4n) is 1.37. The second kappa shape index (κ2) is 3.46. The van der Waals surface area contributed by atoms with Crippen molar-refractivity contribution in [3.8, 4) is 5.75 Å². The highest BCUT2D eigenvalue weighted by Crippen LogP contribution is 2.33. The van der Waals surface area contributed by atoms with Crippen molar-refractivity contribution in [1.29, 1.82) is 0 Å². The van der Waals surface area contributed by atoms with E-state index in [4.69, 9.17) is 16.3 Å². The summed E-state index contributed by atoms with van der Waals surface area (Å²) in [5, 5.41) is 0.585. The van der Waals surface area contributed by atoms with Gasteiger partial charge in [-0.15, -0.1) is 0 Å². The van der Waals surface area contributed by atoms with Crippen LogP contribution < -0.4 is 4.74 Å². The SMILES string of the molecule is CC(=O)C1=Cc2cccc(Cl)c2OC1. The highest BCUT2D eigenvalue weighted by Gasteiger charge is 2.15. The number of hydrogen-bond donors (Lipinski definition) is 0. The van der Waals surface area contributed by atoms with Crippen LogP contribution in [-0.4, -0.2) is 12.4 Å². The molecule has 14 heavy (non-hydrogen) atoms. The molecule has 0 amide bonds. The Labute approximate surface area is 87.1 Å². The summed E-state index contributed by atoms with van der Waals surface area (Å²) in [5.41, 5.74) is 1.55. The number of carbonyl (C=O) groups is 1. The molecule has 1 aromatic rings. The Hall–Kier alpha value is -1.28. The van der Waals surface area contributed by atoms with Crippen molar-refractivity contribution in [1.82, 2.24) is 0 Å². The van der Waals surface area contributed by atoms with Crippen LogP contribution in [0.5, 0.6) is 5.75 Å². The number of fused-ring (bicyclic) bond motifs is 1. The largest absolute Gasteiger partial charge is 0.487 e. The highest BCUT2D eigenvalue weighted by molar-refractivity contribution is 6.32. The quantitative estimate of drug-likeness (QED) is 0.710. The summed E-state index contributed by atoms with van der Waals surface area (Å²) in [7, 11) is 0. The van der Waals surface area contributed by atoms with Gasteiger partial charge in [0.15, 0.2) is 5.78 Å². The van der Waals surface area contributed by atoms with E-state index in [0.29, 0.717) is 23.0 Å². The zero-order valence-corrected chi connectivity index (χ0v) is 8.47. The molecule has 0 aliphatic carbocycles. The molecule has 0 saturated heterocycles. The van der Waals surface area contributed by atoms with Gasteiger partial charge in [0, 0.05) is 11.1 Å². The van der Waals surface area contributed by atoms with Crippen LogP contribution in [-0.2, 0) is 4.79 Å². The normalized spacial score (nSPS) is 14.0. The van der Waals surface area contributed by atoms with Crippen LogP contribution in [0, 0.1) is 0 Å². The molecule has 0 radical (unpaired) electrons. The van der Waals surface area contributed by atoms with Gasteiger partial charge in [-0.2, -0.15) is 0 Å². The molecule has 0 atom stereocenters. The van der Waals surface area contributed by atoms with Gasteiger partial charge in [-0.05, 0) is 19.1 Å². The van der Waals surface area contributed by atoms with Crippen LogP contribution in [0.2, 0.25) is 5.02 Å². The minimum Gasteiger partial charge on any atom is -0.487 e. The van der Waals surface area contributed by atoms with Gasteiger partial charge in [0.1, 0.15) is 12.4 Å². The monoisotopic (exact) mass is 208 g/mol. The number of ether oxygens (including phenoxy) is 1. The summed E-state index contributed by atoms with van der Waals surface area (Å²) in [6.07, 6.45) is 1.83.